The molecular weight excluding hydrogens is 352 g/mol. The minimum Gasteiger partial charge on any atom is -0.491 e. The third-order valence-electron chi connectivity index (χ3n) is 1.83. The van der Waals surface area contributed by atoms with E-state index >= 15 is 0 Å². The summed E-state index contributed by atoms with van der Waals surface area (Å²) in [6.07, 6.45) is 0.157. The third-order valence-corrected chi connectivity index (χ3v) is 3.75. The predicted octanol–water partition coefficient (Wildman–Crippen LogP) is 3.98. The Morgan fingerprint density at radius 1 is 1.19 bits per heavy atom. The molecule has 1 rings (SSSR count). The Balaban J connectivity index is 2.48. The lowest BCUT2D eigenvalue weighted by Gasteiger charge is -2.16. The van der Waals surface area contributed by atoms with Crippen molar-refractivity contribution in [2.24, 2.45) is 0 Å². The largest absolute Gasteiger partial charge is 0.491 e. The van der Waals surface area contributed by atoms with Crippen molar-refractivity contribution in [1.29, 1.82) is 0 Å². The van der Waals surface area contributed by atoms with Gasteiger partial charge in [-0.25, -0.2) is 0 Å². The summed E-state index contributed by atoms with van der Waals surface area (Å²) in [6, 6.07) is 5.88. The fourth-order valence-corrected chi connectivity index (χ4v) is 3.59. The molecular formula is C11H16Br2O2Si. The molecule has 1 atom stereocenters. The summed E-state index contributed by atoms with van der Waals surface area (Å²) < 4.78 is 13.4. The summed E-state index contributed by atoms with van der Waals surface area (Å²) in [6.45, 7) is 6.95. The molecule has 0 bridgehead atoms. The molecule has 0 aliphatic heterocycles. The molecule has 16 heavy (non-hydrogen) atoms. The summed E-state index contributed by atoms with van der Waals surface area (Å²) >= 11 is 6.85. The van der Waals surface area contributed by atoms with Gasteiger partial charge in [-0.1, -0.05) is 31.9 Å². The summed E-state index contributed by atoms with van der Waals surface area (Å²) in [7, 11) is -0.972. The van der Waals surface area contributed by atoms with Gasteiger partial charge in [-0.3, -0.25) is 0 Å². The normalized spacial score (nSPS) is 12.9. The van der Waals surface area contributed by atoms with Crippen molar-refractivity contribution < 1.29 is 9.16 Å². The third kappa shape index (κ3) is 5.47. The average Bonchev–Trinajstić information content (AvgIpc) is 2.12. The molecule has 0 aliphatic carbocycles. The molecule has 5 heteroatoms. The van der Waals surface area contributed by atoms with Crippen molar-refractivity contribution >= 4 is 40.9 Å². The van der Waals surface area contributed by atoms with Crippen molar-refractivity contribution in [3.63, 3.8) is 0 Å². The molecule has 0 saturated heterocycles. The molecule has 0 spiro atoms. The van der Waals surface area contributed by atoms with E-state index in [1.807, 2.05) is 25.1 Å². The molecule has 0 heterocycles. The molecule has 0 fully saturated rings. The quantitative estimate of drug-likeness (QED) is 0.733. The summed E-state index contributed by atoms with van der Waals surface area (Å²) in [4.78, 5) is 0. The molecule has 0 radical (unpaired) electrons. The highest BCUT2D eigenvalue weighted by molar-refractivity contribution is 9.11. The lowest BCUT2D eigenvalue weighted by Crippen LogP contribution is -2.23. The maximum Gasteiger partial charge on any atom is 0.171 e. The van der Waals surface area contributed by atoms with Crippen molar-refractivity contribution in [2.45, 2.75) is 26.1 Å². The Labute approximate surface area is 115 Å². The highest BCUT2D eigenvalue weighted by Gasteiger charge is 2.07. The average molecular weight is 368 g/mol. The number of benzene rings is 1. The number of halogens is 2. The fraction of sp³-hybridized carbons (Fsp3) is 0.455. The highest BCUT2D eigenvalue weighted by Crippen LogP contribution is 2.25. The molecule has 0 aliphatic rings. The Hall–Kier alpha value is 0.157. The number of rotatable bonds is 5. The number of ether oxygens (including phenoxy) is 1. The zero-order chi connectivity index (χ0) is 12.1. The summed E-state index contributed by atoms with van der Waals surface area (Å²) in [5, 5.41) is 0. The summed E-state index contributed by atoms with van der Waals surface area (Å²) in [5.41, 5.74) is 0. The van der Waals surface area contributed by atoms with E-state index in [0.29, 0.717) is 6.61 Å². The van der Waals surface area contributed by atoms with Crippen LogP contribution in [0.25, 0.3) is 0 Å². The standard InChI is InChI=1S/C11H16Br2O2Si/c1-8(15-16(2)3)7-14-11-5-9(12)4-10(13)6-11/h4-6,8,16H,7H2,1-3H3/t8-/m1/s1. The van der Waals surface area contributed by atoms with E-state index in [4.69, 9.17) is 9.16 Å². The molecule has 0 unspecified atom stereocenters. The van der Waals surface area contributed by atoms with Crippen LogP contribution in [-0.2, 0) is 4.43 Å². The van der Waals surface area contributed by atoms with Gasteiger partial charge < -0.3 is 9.16 Å². The fourth-order valence-electron chi connectivity index (χ4n) is 1.33. The van der Waals surface area contributed by atoms with Crippen molar-refractivity contribution in [3.8, 4) is 5.75 Å². The monoisotopic (exact) mass is 366 g/mol. The van der Waals surface area contributed by atoms with E-state index in [1.54, 1.807) is 0 Å². The smallest absolute Gasteiger partial charge is 0.171 e. The van der Waals surface area contributed by atoms with E-state index in [1.165, 1.54) is 0 Å². The van der Waals surface area contributed by atoms with Crippen molar-refractivity contribution in [2.75, 3.05) is 6.61 Å². The molecule has 2 nitrogen and oxygen atoms in total. The first-order chi connectivity index (χ1) is 7.47. The number of hydrogen-bond donors (Lipinski definition) is 0. The van der Waals surface area contributed by atoms with E-state index < -0.39 is 9.04 Å². The topological polar surface area (TPSA) is 18.5 Å². The van der Waals surface area contributed by atoms with Crippen LogP contribution in [0, 0.1) is 0 Å². The second kappa shape index (κ2) is 6.79. The second-order valence-corrected chi connectivity index (χ2v) is 8.11. The summed E-state index contributed by atoms with van der Waals surface area (Å²) in [5.74, 6) is 0.849. The molecule has 0 N–H and O–H groups in total. The molecule has 1 aromatic carbocycles. The van der Waals surface area contributed by atoms with Gasteiger partial charge in [-0.2, -0.15) is 0 Å². The predicted molar refractivity (Wildman–Crippen MR) is 76.8 cm³/mol. The van der Waals surface area contributed by atoms with E-state index in [2.05, 4.69) is 45.0 Å². The maximum absolute atomic E-state index is 5.72. The first kappa shape index (κ1) is 14.2. The second-order valence-electron chi connectivity index (χ2n) is 3.91. The lowest BCUT2D eigenvalue weighted by atomic mass is 10.3. The van der Waals surface area contributed by atoms with Crippen LogP contribution in [0.4, 0.5) is 0 Å². The highest BCUT2D eigenvalue weighted by atomic mass is 79.9. The van der Waals surface area contributed by atoms with Gasteiger partial charge in [0.05, 0.1) is 6.10 Å². The van der Waals surface area contributed by atoms with Crippen molar-refractivity contribution in [1.82, 2.24) is 0 Å². The zero-order valence-electron chi connectivity index (χ0n) is 9.67. The maximum atomic E-state index is 5.72. The molecule has 0 aromatic heterocycles. The van der Waals surface area contributed by atoms with Gasteiger partial charge in [0.1, 0.15) is 12.4 Å². The van der Waals surface area contributed by atoms with Gasteiger partial charge >= 0.3 is 0 Å². The van der Waals surface area contributed by atoms with Gasteiger partial charge in [0.2, 0.25) is 0 Å². The van der Waals surface area contributed by atoms with Crippen LogP contribution in [0.2, 0.25) is 13.1 Å². The van der Waals surface area contributed by atoms with Crippen molar-refractivity contribution in [3.05, 3.63) is 27.1 Å². The first-order valence-electron chi connectivity index (χ1n) is 5.21. The van der Waals surface area contributed by atoms with Gasteiger partial charge in [-0.15, -0.1) is 0 Å². The molecule has 90 valence electrons. The lowest BCUT2D eigenvalue weighted by molar-refractivity contribution is 0.144. The Morgan fingerprint density at radius 3 is 2.25 bits per heavy atom. The SMILES string of the molecule is C[C@H](COc1cc(Br)cc(Br)c1)O[SiH](C)C. The molecule has 0 saturated carbocycles. The van der Waals surface area contributed by atoms with E-state index in [0.717, 1.165) is 14.7 Å². The van der Waals surface area contributed by atoms with Crippen LogP contribution < -0.4 is 4.74 Å². The van der Waals surface area contributed by atoms with Crippen LogP contribution in [0.3, 0.4) is 0 Å². The molecule has 1 aromatic rings. The number of hydrogen-bond acceptors (Lipinski definition) is 2. The van der Waals surface area contributed by atoms with Crippen LogP contribution >= 0.6 is 31.9 Å². The van der Waals surface area contributed by atoms with Gasteiger partial charge in [-0.05, 0) is 38.2 Å². The minimum absolute atomic E-state index is 0.157. The van der Waals surface area contributed by atoms with Gasteiger partial charge in [0, 0.05) is 8.95 Å². The first-order valence-corrected chi connectivity index (χ1v) is 9.58. The minimum atomic E-state index is -0.972. The van der Waals surface area contributed by atoms with Crippen LogP contribution in [0.1, 0.15) is 6.92 Å². The Kier molecular flexibility index (Phi) is 6.03. The van der Waals surface area contributed by atoms with E-state index in [-0.39, 0.29) is 6.10 Å². The van der Waals surface area contributed by atoms with Gasteiger partial charge in [0.15, 0.2) is 9.04 Å². The Bertz CT molecular complexity index is 325. The van der Waals surface area contributed by atoms with Crippen LogP contribution in [0.15, 0.2) is 27.1 Å². The molecule has 0 amide bonds. The van der Waals surface area contributed by atoms with Crippen LogP contribution in [-0.4, -0.2) is 21.8 Å². The van der Waals surface area contributed by atoms with Crippen LogP contribution in [0.5, 0.6) is 5.75 Å². The van der Waals surface area contributed by atoms with Gasteiger partial charge in [0.25, 0.3) is 0 Å². The van der Waals surface area contributed by atoms with E-state index in [9.17, 15) is 0 Å². The Morgan fingerprint density at radius 2 is 1.75 bits per heavy atom. The zero-order valence-corrected chi connectivity index (χ0v) is 14.0.